The van der Waals surface area contributed by atoms with Crippen LogP contribution in [-0.2, 0) is 6.54 Å². The van der Waals surface area contributed by atoms with Gasteiger partial charge in [0.1, 0.15) is 0 Å². The summed E-state index contributed by atoms with van der Waals surface area (Å²) >= 11 is 0. The Morgan fingerprint density at radius 1 is 0.796 bits per heavy atom. The molecule has 0 saturated heterocycles. The Kier molecular flexibility index (Phi) is 9.52. The molecule has 0 N–H and O–H groups in total. The molecular formula is C46H41N3. The minimum absolute atomic E-state index is 0.290. The van der Waals surface area contributed by atoms with Crippen molar-refractivity contribution in [3.63, 3.8) is 0 Å². The fraction of sp³-hybridized carbons (Fsp3) is 0.152. The predicted octanol–water partition coefficient (Wildman–Crippen LogP) is 11.4. The van der Waals surface area contributed by atoms with Gasteiger partial charge in [0.15, 0.2) is 0 Å². The molecule has 0 fully saturated rings. The largest absolute Gasteiger partial charge is 0.280 e. The number of aryl methyl sites for hydroxylation is 1. The number of hydrogen-bond donors (Lipinski definition) is 0. The van der Waals surface area contributed by atoms with Crippen molar-refractivity contribution in [3.05, 3.63) is 190 Å². The average molecular weight is 636 g/mol. The lowest BCUT2D eigenvalue weighted by molar-refractivity contribution is 0.761. The highest BCUT2D eigenvalue weighted by atomic mass is 14.8. The maximum Gasteiger partial charge on any atom is 0.0716 e. The third-order valence-corrected chi connectivity index (χ3v) is 9.70. The molecule has 0 bridgehead atoms. The van der Waals surface area contributed by atoms with Crippen molar-refractivity contribution < 1.29 is 0 Å². The van der Waals surface area contributed by atoms with Gasteiger partial charge in [-0.05, 0) is 102 Å². The number of hydrogen-bond acceptors (Lipinski definition) is 3. The van der Waals surface area contributed by atoms with Crippen molar-refractivity contribution in [1.82, 2.24) is 0 Å². The van der Waals surface area contributed by atoms with E-state index in [0.717, 1.165) is 47.6 Å². The number of fused-ring (bicyclic) bond motifs is 1. The van der Waals surface area contributed by atoms with Crippen LogP contribution in [0.2, 0.25) is 0 Å². The van der Waals surface area contributed by atoms with Crippen molar-refractivity contribution in [3.8, 4) is 11.1 Å². The minimum atomic E-state index is 0.290. The molecule has 1 aliphatic heterocycles. The summed E-state index contributed by atoms with van der Waals surface area (Å²) in [6.07, 6.45) is 15.9. The Balaban J connectivity index is 1.24. The van der Waals surface area contributed by atoms with Gasteiger partial charge in [0.05, 0.1) is 23.7 Å². The number of aliphatic imine (C=N–C) groups is 3. The number of rotatable bonds is 9. The molecule has 7 rings (SSSR count). The van der Waals surface area contributed by atoms with Crippen LogP contribution < -0.4 is 0 Å². The summed E-state index contributed by atoms with van der Waals surface area (Å²) in [5, 5.41) is 0. The van der Waals surface area contributed by atoms with E-state index in [-0.39, 0.29) is 0 Å². The predicted molar refractivity (Wildman–Crippen MR) is 209 cm³/mol. The fourth-order valence-electron chi connectivity index (χ4n) is 7.04. The molecule has 240 valence electrons. The summed E-state index contributed by atoms with van der Waals surface area (Å²) in [6, 6.07) is 38.1. The standard InChI is InChI=1S/C46H41N3/c1-32-14-10-11-19-40(32)45-33(2)46(49-42-21-13-12-20-41(42)45)39-28-26-38(27-29-39)44(48-31-34-15-6-4-7-16-34)30-43(47-3)37-24-22-36(23-25-37)35-17-8-5-9-18-35/h4-19,21-26,28,30,41H,3,20,27,29,31H2,1-2H3/b43-30-,48-44?. The lowest BCUT2D eigenvalue weighted by Crippen LogP contribution is -2.21. The van der Waals surface area contributed by atoms with Crippen LogP contribution in [-0.4, -0.2) is 18.1 Å². The van der Waals surface area contributed by atoms with Crippen LogP contribution in [0.25, 0.3) is 22.4 Å². The van der Waals surface area contributed by atoms with Gasteiger partial charge in [-0.15, -0.1) is 0 Å². The highest BCUT2D eigenvalue weighted by molar-refractivity contribution is 6.19. The summed E-state index contributed by atoms with van der Waals surface area (Å²) in [5.41, 5.74) is 16.3. The van der Waals surface area contributed by atoms with E-state index < -0.39 is 0 Å². The quantitative estimate of drug-likeness (QED) is 0.164. The van der Waals surface area contributed by atoms with Gasteiger partial charge in [0.25, 0.3) is 0 Å². The topological polar surface area (TPSA) is 37.1 Å². The van der Waals surface area contributed by atoms with Crippen LogP contribution in [0.3, 0.4) is 0 Å². The van der Waals surface area contributed by atoms with Crippen LogP contribution >= 0.6 is 0 Å². The maximum atomic E-state index is 5.30. The lowest BCUT2D eigenvalue weighted by atomic mass is 9.76. The Morgan fingerprint density at radius 3 is 2.22 bits per heavy atom. The van der Waals surface area contributed by atoms with Gasteiger partial charge in [-0.3, -0.25) is 15.0 Å². The maximum absolute atomic E-state index is 5.30. The summed E-state index contributed by atoms with van der Waals surface area (Å²) in [5.74, 6) is 0.290. The van der Waals surface area contributed by atoms with Gasteiger partial charge in [-0.2, -0.15) is 0 Å². The van der Waals surface area contributed by atoms with Gasteiger partial charge >= 0.3 is 0 Å². The second kappa shape index (κ2) is 14.6. The van der Waals surface area contributed by atoms with Crippen LogP contribution in [0, 0.1) is 12.8 Å². The molecule has 1 heterocycles. The minimum Gasteiger partial charge on any atom is -0.280 e. The molecule has 0 radical (unpaired) electrons. The molecular weight excluding hydrogens is 595 g/mol. The molecule has 3 heteroatoms. The summed E-state index contributed by atoms with van der Waals surface area (Å²) in [4.78, 5) is 14.9. The fourth-order valence-corrected chi connectivity index (χ4v) is 7.04. The van der Waals surface area contributed by atoms with E-state index in [1.807, 2.05) is 12.1 Å². The molecule has 4 aromatic carbocycles. The average Bonchev–Trinajstić information content (AvgIpc) is 3.16. The smallest absolute Gasteiger partial charge is 0.0716 e. The van der Waals surface area contributed by atoms with E-state index in [9.17, 15) is 0 Å². The van der Waals surface area contributed by atoms with Crippen molar-refractivity contribution >= 4 is 29.4 Å². The Morgan fingerprint density at radius 2 is 1.51 bits per heavy atom. The molecule has 1 atom stereocenters. The molecule has 3 nitrogen and oxygen atoms in total. The zero-order valence-electron chi connectivity index (χ0n) is 28.3. The van der Waals surface area contributed by atoms with Crippen molar-refractivity contribution in [2.75, 3.05) is 0 Å². The first-order valence-electron chi connectivity index (χ1n) is 17.1. The third-order valence-electron chi connectivity index (χ3n) is 9.70. The van der Waals surface area contributed by atoms with E-state index >= 15 is 0 Å². The van der Waals surface area contributed by atoms with Gasteiger partial charge in [0.2, 0.25) is 0 Å². The first-order chi connectivity index (χ1) is 24.1. The Bertz CT molecular complexity index is 2120. The second-order valence-corrected chi connectivity index (χ2v) is 12.8. The Labute approximate surface area is 290 Å². The van der Waals surface area contributed by atoms with Gasteiger partial charge in [-0.25, -0.2) is 0 Å². The highest BCUT2D eigenvalue weighted by Gasteiger charge is 2.31. The summed E-state index contributed by atoms with van der Waals surface area (Å²) in [6.45, 7) is 9.02. The molecule has 0 saturated carbocycles. The zero-order valence-corrected chi connectivity index (χ0v) is 28.3. The highest BCUT2D eigenvalue weighted by Crippen LogP contribution is 2.43. The zero-order chi connectivity index (χ0) is 33.6. The molecule has 49 heavy (non-hydrogen) atoms. The van der Waals surface area contributed by atoms with E-state index in [0.29, 0.717) is 12.5 Å². The first kappa shape index (κ1) is 31.9. The van der Waals surface area contributed by atoms with E-state index in [1.165, 1.54) is 50.1 Å². The molecule has 1 unspecified atom stereocenters. The molecule has 0 aromatic heterocycles. The number of dihydropyridines is 1. The molecule has 0 amide bonds. The van der Waals surface area contributed by atoms with E-state index in [2.05, 4.69) is 159 Å². The summed E-state index contributed by atoms with van der Waals surface area (Å²) < 4.78 is 0. The van der Waals surface area contributed by atoms with Crippen LogP contribution in [0.1, 0.15) is 48.4 Å². The second-order valence-electron chi connectivity index (χ2n) is 12.8. The normalized spacial score (nSPS) is 17.9. The van der Waals surface area contributed by atoms with Gasteiger partial charge < -0.3 is 0 Å². The van der Waals surface area contributed by atoms with Crippen LogP contribution in [0.5, 0.6) is 0 Å². The monoisotopic (exact) mass is 635 g/mol. The Hall–Kier alpha value is -5.67. The van der Waals surface area contributed by atoms with Crippen molar-refractivity contribution in [2.24, 2.45) is 20.9 Å². The number of nitrogens with zero attached hydrogens (tertiary/aromatic N) is 3. The van der Waals surface area contributed by atoms with Gasteiger partial charge in [0, 0.05) is 17.2 Å². The first-order valence-corrected chi connectivity index (χ1v) is 17.1. The van der Waals surface area contributed by atoms with Gasteiger partial charge in [-0.1, -0.05) is 133 Å². The molecule has 2 aliphatic carbocycles. The molecule has 4 aromatic rings. The van der Waals surface area contributed by atoms with Crippen molar-refractivity contribution in [1.29, 1.82) is 0 Å². The SMILES string of the molecule is C=N/C(=C\C(=NCc1ccccc1)C1=CC=C(C2=NC3=CC=CCC3C(c3ccccc3C)=C2C)CC1)c1ccc(-c2ccccc2)cc1. The van der Waals surface area contributed by atoms with E-state index in [1.54, 1.807) is 0 Å². The van der Waals surface area contributed by atoms with Crippen LogP contribution in [0.4, 0.5) is 0 Å². The molecule has 3 aliphatic rings. The molecule has 0 spiro atoms. The number of allylic oxidation sites excluding steroid dienone is 10. The van der Waals surface area contributed by atoms with Crippen molar-refractivity contribution in [2.45, 2.75) is 39.7 Å². The van der Waals surface area contributed by atoms with E-state index in [4.69, 9.17) is 9.98 Å². The lowest BCUT2D eigenvalue weighted by Gasteiger charge is -2.32. The number of benzene rings is 4. The van der Waals surface area contributed by atoms with Crippen LogP contribution in [0.15, 0.2) is 183 Å². The third kappa shape index (κ3) is 6.98. The summed E-state index contributed by atoms with van der Waals surface area (Å²) in [7, 11) is 0.